The Balaban J connectivity index is 1.86. The Morgan fingerprint density at radius 2 is 2.37 bits per heavy atom. The van der Waals surface area contributed by atoms with Crippen LogP contribution < -0.4 is 0 Å². The highest BCUT2D eigenvalue weighted by Gasteiger charge is 2.10. The lowest BCUT2D eigenvalue weighted by Gasteiger charge is -2.02. The molecule has 8 heteroatoms. The fourth-order valence-electron chi connectivity index (χ4n) is 1.38. The quantitative estimate of drug-likeness (QED) is 0.565. The van der Waals surface area contributed by atoms with Crippen LogP contribution >= 0.6 is 11.8 Å². The molecule has 0 amide bonds. The van der Waals surface area contributed by atoms with Gasteiger partial charge in [0.2, 0.25) is 5.16 Å². The Hall–Kier alpha value is -1.96. The number of thioether (sulfide) groups is 1. The molecule has 0 bridgehead atoms. The van der Waals surface area contributed by atoms with E-state index in [1.54, 1.807) is 6.20 Å². The van der Waals surface area contributed by atoms with Gasteiger partial charge in [-0.15, -0.1) is 5.10 Å². The highest BCUT2D eigenvalue weighted by Crippen LogP contribution is 2.14. The van der Waals surface area contributed by atoms with Crippen molar-refractivity contribution in [3.63, 3.8) is 0 Å². The van der Waals surface area contributed by atoms with Crippen LogP contribution in [-0.4, -0.2) is 44.0 Å². The van der Waals surface area contributed by atoms with E-state index in [1.807, 2.05) is 18.2 Å². The Morgan fingerprint density at radius 3 is 3.11 bits per heavy atom. The summed E-state index contributed by atoms with van der Waals surface area (Å²) >= 11 is 1.48. The summed E-state index contributed by atoms with van der Waals surface area (Å²) in [6, 6.07) is 5.81. The summed E-state index contributed by atoms with van der Waals surface area (Å²) in [4.78, 5) is 15.4. The van der Waals surface area contributed by atoms with Crippen molar-refractivity contribution >= 4 is 17.7 Å². The van der Waals surface area contributed by atoms with Crippen LogP contribution in [0.4, 0.5) is 0 Å². The lowest BCUT2D eigenvalue weighted by Crippen LogP contribution is -2.14. The molecule has 0 saturated carbocycles. The van der Waals surface area contributed by atoms with Crippen molar-refractivity contribution in [2.75, 3.05) is 12.9 Å². The van der Waals surface area contributed by atoms with Gasteiger partial charge in [-0.3, -0.25) is 9.78 Å². The number of ether oxygens (including phenoxy) is 1. The third-order valence-corrected chi connectivity index (χ3v) is 3.28. The number of hydrogen-bond donors (Lipinski definition) is 0. The van der Waals surface area contributed by atoms with E-state index < -0.39 is 0 Å². The first-order valence-corrected chi connectivity index (χ1v) is 6.64. The van der Waals surface area contributed by atoms with Crippen LogP contribution in [-0.2, 0) is 22.5 Å². The number of methoxy groups -OCH3 is 1. The lowest BCUT2D eigenvalue weighted by atomic mass is 10.3. The monoisotopic (exact) mass is 279 g/mol. The third kappa shape index (κ3) is 4.02. The molecule has 0 N–H and O–H groups in total. The fourth-order valence-corrected chi connectivity index (χ4v) is 2.22. The zero-order valence-corrected chi connectivity index (χ0v) is 11.2. The smallest absolute Gasteiger partial charge is 0.327 e. The lowest BCUT2D eigenvalue weighted by molar-refractivity contribution is -0.141. The van der Waals surface area contributed by atoms with Crippen molar-refractivity contribution in [1.29, 1.82) is 0 Å². The number of esters is 1. The first-order chi connectivity index (χ1) is 9.29. The van der Waals surface area contributed by atoms with E-state index in [9.17, 15) is 4.79 Å². The maximum Gasteiger partial charge on any atom is 0.327 e. The molecule has 2 rings (SSSR count). The molecule has 2 aromatic heterocycles. The van der Waals surface area contributed by atoms with Crippen molar-refractivity contribution < 1.29 is 9.53 Å². The van der Waals surface area contributed by atoms with Crippen molar-refractivity contribution in [3.8, 4) is 0 Å². The van der Waals surface area contributed by atoms with Gasteiger partial charge in [-0.1, -0.05) is 17.8 Å². The third-order valence-electron chi connectivity index (χ3n) is 2.32. The Labute approximate surface area is 114 Å². The van der Waals surface area contributed by atoms with Gasteiger partial charge in [-0.25, -0.2) is 4.68 Å². The minimum Gasteiger partial charge on any atom is -0.468 e. The molecule has 2 aromatic rings. The molecule has 100 valence electrons. The number of carbonyl (C=O) groups is 1. The zero-order valence-electron chi connectivity index (χ0n) is 10.4. The maximum absolute atomic E-state index is 11.2. The summed E-state index contributed by atoms with van der Waals surface area (Å²) < 4.78 is 6.00. The standard InChI is InChI=1S/C11H13N5O2S/c1-18-10(17)8-16-11(13-14-15-16)19-7-5-9-4-2-3-6-12-9/h2-4,6H,5,7-8H2,1H3. The summed E-state index contributed by atoms with van der Waals surface area (Å²) in [5.74, 6) is 0.414. The molecule has 7 nitrogen and oxygen atoms in total. The second-order valence-corrected chi connectivity index (χ2v) is 4.68. The summed E-state index contributed by atoms with van der Waals surface area (Å²) in [7, 11) is 1.33. The summed E-state index contributed by atoms with van der Waals surface area (Å²) in [6.07, 6.45) is 2.58. The number of rotatable bonds is 6. The summed E-state index contributed by atoms with van der Waals surface area (Å²) in [5, 5.41) is 11.8. The fraction of sp³-hybridized carbons (Fsp3) is 0.364. The molecule has 0 radical (unpaired) electrons. The second kappa shape index (κ2) is 6.83. The average Bonchev–Trinajstić information content (AvgIpc) is 2.87. The molecule has 0 aromatic carbocycles. The Kier molecular flexibility index (Phi) is 4.85. The van der Waals surface area contributed by atoms with Crippen LogP contribution in [0.2, 0.25) is 0 Å². The van der Waals surface area contributed by atoms with Gasteiger partial charge < -0.3 is 4.74 Å². The molecular formula is C11H13N5O2S. The van der Waals surface area contributed by atoms with Gasteiger partial charge in [-0.05, 0) is 29.0 Å². The van der Waals surface area contributed by atoms with E-state index in [2.05, 4.69) is 25.2 Å². The van der Waals surface area contributed by atoms with Crippen LogP contribution in [0, 0.1) is 0 Å². The topological polar surface area (TPSA) is 82.8 Å². The minimum absolute atomic E-state index is 0.0232. The zero-order chi connectivity index (χ0) is 13.5. The van der Waals surface area contributed by atoms with Crippen LogP contribution in [0.5, 0.6) is 0 Å². The van der Waals surface area contributed by atoms with E-state index in [-0.39, 0.29) is 12.5 Å². The predicted molar refractivity (Wildman–Crippen MR) is 68.5 cm³/mol. The van der Waals surface area contributed by atoms with E-state index in [0.29, 0.717) is 5.16 Å². The van der Waals surface area contributed by atoms with E-state index in [4.69, 9.17) is 0 Å². The highest BCUT2D eigenvalue weighted by atomic mass is 32.2. The highest BCUT2D eigenvalue weighted by molar-refractivity contribution is 7.99. The summed E-state index contributed by atoms with van der Waals surface area (Å²) in [6.45, 7) is 0.0232. The van der Waals surface area contributed by atoms with Gasteiger partial charge in [0.15, 0.2) is 0 Å². The van der Waals surface area contributed by atoms with Gasteiger partial charge >= 0.3 is 5.97 Å². The van der Waals surface area contributed by atoms with Crippen LogP contribution in [0.25, 0.3) is 0 Å². The molecule has 0 fully saturated rings. The average molecular weight is 279 g/mol. The van der Waals surface area contributed by atoms with Crippen molar-refractivity contribution in [3.05, 3.63) is 30.1 Å². The molecule has 0 aliphatic carbocycles. The SMILES string of the molecule is COC(=O)Cn1nnnc1SCCc1ccccn1. The van der Waals surface area contributed by atoms with Crippen LogP contribution in [0.3, 0.4) is 0 Å². The van der Waals surface area contributed by atoms with E-state index in [0.717, 1.165) is 17.9 Å². The Morgan fingerprint density at radius 1 is 1.47 bits per heavy atom. The molecule has 0 atom stereocenters. The first-order valence-electron chi connectivity index (χ1n) is 5.65. The van der Waals surface area contributed by atoms with Gasteiger partial charge in [0.25, 0.3) is 0 Å². The number of aryl methyl sites for hydroxylation is 1. The predicted octanol–water partition coefficient (Wildman–Crippen LogP) is 0.576. The number of carbonyl (C=O) groups excluding carboxylic acids is 1. The number of nitrogens with zero attached hydrogens (tertiary/aromatic N) is 5. The van der Waals surface area contributed by atoms with Gasteiger partial charge in [-0.2, -0.15) is 0 Å². The first kappa shape index (κ1) is 13.5. The largest absolute Gasteiger partial charge is 0.468 e. The van der Waals surface area contributed by atoms with Crippen molar-refractivity contribution in [2.24, 2.45) is 0 Å². The maximum atomic E-state index is 11.2. The number of hydrogen-bond acceptors (Lipinski definition) is 7. The van der Waals surface area contributed by atoms with Crippen LogP contribution in [0.1, 0.15) is 5.69 Å². The summed E-state index contributed by atoms with van der Waals surface area (Å²) in [5.41, 5.74) is 1.02. The van der Waals surface area contributed by atoms with Gasteiger partial charge in [0.1, 0.15) is 6.54 Å². The molecular weight excluding hydrogens is 266 g/mol. The van der Waals surface area contributed by atoms with E-state index in [1.165, 1.54) is 23.6 Å². The van der Waals surface area contributed by atoms with Gasteiger partial charge in [0.05, 0.1) is 7.11 Å². The minimum atomic E-state index is -0.376. The molecule has 0 spiro atoms. The number of aromatic nitrogens is 5. The normalized spacial score (nSPS) is 10.4. The van der Waals surface area contributed by atoms with Crippen molar-refractivity contribution in [1.82, 2.24) is 25.2 Å². The Bertz CT molecular complexity index is 531. The molecule has 0 saturated heterocycles. The molecule has 0 aliphatic heterocycles. The van der Waals surface area contributed by atoms with Crippen molar-refractivity contribution in [2.45, 2.75) is 18.1 Å². The molecule has 0 unspecified atom stereocenters. The van der Waals surface area contributed by atoms with Gasteiger partial charge in [0, 0.05) is 17.6 Å². The van der Waals surface area contributed by atoms with Crippen LogP contribution in [0.15, 0.2) is 29.6 Å². The number of pyridine rings is 1. The molecule has 19 heavy (non-hydrogen) atoms. The van der Waals surface area contributed by atoms with E-state index >= 15 is 0 Å². The second-order valence-electron chi connectivity index (χ2n) is 3.61. The number of tetrazole rings is 1. The molecule has 0 aliphatic rings. The molecule has 2 heterocycles.